The first-order valence-electron chi connectivity index (χ1n) is 6.87. The molecule has 2 saturated carbocycles. The monoisotopic (exact) mass is 236 g/mol. The van der Waals surface area contributed by atoms with Crippen molar-refractivity contribution in [3.63, 3.8) is 0 Å². The van der Waals surface area contributed by atoms with E-state index in [-0.39, 0.29) is 17.4 Å². The zero-order valence-electron chi connectivity index (χ0n) is 11.2. The van der Waals surface area contributed by atoms with E-state index in [0.29, 0.717) is 11.8 Å². The van der Waals surface area contributed by atoms with E-state index in [0.717, 1.165) is 25.7 Å². The minimum absolute atomic E-state index is 0.0590. The van der Waals surface area contributed by atoms with Crippen LogP contribution in [0.15, 0.2) is 11.6 Å². The fourth-order valence-electron chi connectivity index (χ4n) is 4.83. The molecule has 3 rings (SSSR count). The smallest absolute Gasteiger partial charge is 0.0910 e. The van der Waals surface area contributed by atoms with Crippen LogP contribution in [0, 0.1) is 22.7 Å². The van der Waals surface area contributed by atoms with Crippen molar-refractivity contribution in [2.75, 3.05) is 6.61 Å². The van der Waals surface area contributed by atoms with Crippen molar-refractivity contribution in [1.29, 1.82) is 0 Å². The lowest BCUT2D eigenvalue weighted by Gasteiger charge is -2.62. The van der Waals surface area contributed by atoms with Crippen LogP contribution in [0.4, 0.5) is 0 Å². The molecule has 3 aliphatic carbocycles. The lowest BCUT2D eigenvalue weighted by Crippen LogP contribution is -2.62. The first-order valence-corrected chi connectivity index (χ1v) is 6.87. The predicted molar refractivity (Wildman–Crippen MR) is 67.5 cm³/mol. The average Bonchev–Trinajstić information content (AvgIpc) is 2.63. The van der Waals surface area contributed by atoms with Gasteiger partial charge in [0.1, 0.15) is 0 Å². The second kappa shape index (κ2) is 3.16. The second-order valence-electron chi connectivity index (χ2n) is 7.27. The number of hydrogen-bond donors (Lipinski definition) is 2. The summed E-state index contributed by atoms with van der Waals surface area (Å²) in [6.45, 7) is 6.81. The van der Waals surface area contributed by atoms with Gasteiger partial charge in [0, 0.05) is 12.0 Å². The van der Waals surface area contributed by atoms with Crippen LogP contribution in [-0.2, 0) is 0 Å². The fourth-order valence-corrected chi connectivity index (χ4v) is 4.83. The van der Waals surface area contributed by atoms with Gasteiger partial charge >= 0.3 is 0 Å². The number of aliphatic hydroxyl groups excluding tert-OH is 1. The van der Waals surface area contributed by atoms with Crippen molar-refractivity contribution in [2.45, 2.75) is 52.1 Å². The molecule has 5 unspecified atom stereocenters. The highest BCUT2D eigenvalue weighted by Crippen LogP contribution is 2.67. The fraction of sp³-hybridized carbons (Fsp3) is 0.867. The van der Waals surface area contributed by atoms with E-state index < -0.39 is 5.60 Å². The van der Waals surface area contributed by atoms with Crippen molar-refractivity contribution >= 4 is 0 Å². The molecule has 0 heterocycles. The highest BCUT2D eigenvalue weighted by atomic mass is 16.3. The van der Waals surface area contributed by atoms with Crippen molar-refractivity contribution in [1.82, 2.24) is 0 Å². The Morgan fingerprint density at radius 3 is 2.53 bits per heavy atom. The van der Waals surface area contributed by atoms with Crippen LogP contribution in [0.5, 0.6) is 0 Å². The first kappa shape index (κ1) is 11.7. The van der Waals surface area contributed by atoms with Gasteiger partial charge in [0.05, 0.1) is 5.60 Å². The van der Waals surface area contributed by atoms with Crippen LogP contribution in [0.2, 0.25) is 0 Å². The minimum atomic E-state index is -0.547. The number of fused-ring (bicyclic) bond motifs is 3. The molecular weight excluding hydrogens is 212 g/mol. The third kappa shape index (κ3) is 1.23. The lowest BCUT2D eigenvalue weighted by atomic mass is 9.46. The van der Waals surface area contributed by atoms with E-state index in [4.69, 9.17) is 0 Å². The van der Waals surface area contributed by atoms with Crippen molar-refractivity contribution < 1.29 is 10.2 Å². The summed E-state index contributed by atoms with van der Waals surface area (Å²) in [5, 5.41) is 20.4. The molecular formula is C15H24O2. The van der Waals surface area contributed by atoms with E-state index in [9.17, 15) is 10.2 Å². The zero-order chi connectivity index (χ0) is 12.5. The Kier molecular flexibility index (Phi) is 2.18. The summed E-state index contributed by atoms with van der Waals surface area (Å²) in [5.41, 5.74) is 0.753. The average molecular weight is 236 g/mol. The molecule has 2 heteroatoms. The number of allylic oxidation sites excluding steroid dienone is 1. The Morgan fingerprint density at radius 1 is 1.29 bits per heavy atom. The maximum Gasteiger partial charge on any atom is 0.0910 e. The van der Waals surface area contributed by atoms with Crippen molar-refractivity contribution in [3.8, 4) is 0 Å². The predicted octanol–water partition coefficient (Wildman–Crippen LogP) is 2.50. The van der Waals surface area contributed by atoms with Gasteiger partial charge in [-0.15, -0.1) is 0 Å². The molecule has 5 atom stereocenters. The van der Waals surface area contributed by atoms with Gasteiger partial charge < -0.3 is 10.2 Å². The molecule has 2 fully saturated rings. The molecule has 0 amide bonds. The molecule has 0 bridgehead atoms. The standard InChI is InChI=1S/C15H24O2/c1-10-6-11-7-13(2,9-16)8-12(11)14(3)4-5-15(10,14)17/h6,11-12,16-17H,4-5,7-9H2,1-3H3. The Bertz CT molecular complexity index is 388. The van der Waals surface area contributed by atoms with Crippen LogP contribution in [0.25, 0.3) is 0 Å². The summed E-state index contributed by atoms with van der Waals surface area (Å²) >= 11 is 0. The second-order valence-corrected chi connectivity index (χ2v) is 7.27. The van der Waals surface area contributed by atoms with Gasteiger partial charge in [-0.25, -0.2) is 0 Å². The number of rotatable bonds is 1. The SMILES string of the molecule is CC1=CC2CC(C)(CO)CC2C2(C)CCC12O. The molecule has 0 aromatic heterocycles. The quantitative estimate of drug-likeness (QED) is 0.687. The molecule has 96 valence electrons. The summed E-state index contributed by atoms with van der Waals surface area (Å²) < 4.78 is 0. The van der Waals surface area contributed by atoms with Gasteiger partial charge in [-0.1, -0.05) is 19.9 Å². The van der Waals surface area contributed by atoms with E-state index in [1.807, 2.05) is 0 Å². The van der Waals surface area contributed by atoms with E-state index in [2.05, 4.69) is 26.8 Å². The van der Waals surface area contributed by atoms with Crippen LogP contribution in [0.1, 0.15) is 46.5 Å². The van der Waals surface area contributed by atoms with Gasteiger partial charge in [0.2, 0.25) is 0 Å². The molecule has 0 radical (unpaired) electrons. The van der Waals surface area contributed by atoms with Gasteiger partial charge in [-0.3, -0.25) is 0 Å². The Balaban J connectivity index is 2.00. The topological polar surface area (TPSA) is 40.5 Å². The molecule has 17 heavy (non-hydrogen) atoms. The van der Waals surface area contributed by atoms with Gasteiger partial charge in [-0.05, 0) is 55.4 Å². The first-order chi connectivity index (χ1) is 7.85. The lowest BCUT2D eigenvalue weighted by molar-refractivity contribution is -0.173. The van der Waals surface area contributed by atoms with Crippen molar-refractivity contribution in [2.24, 2.45) is 22.7 Å². The summed E-state index contributed by atoms with van der Waals surface area (Å²) in [6.07, 6.45) is 6.50. The van der Waals surface area contributed by atoms with Gasteiger partial charge in [-0.2, -0.15) is 0 Å². The molecule has 0 aliphatic heterocycles. The summed E-state index contributed by atoms with van der Waals surface area (Å²) in [7, 11) is 0. The van der Waals surface area contributed by atoms with Crippen LogP contribution in [0.3, 0.4) is 0 Å². The van der Waals surface area contributed by atoms with Crippen LogP contribution >= 0.6 is 0 Å². The van der Waals surface area contributed by atoms with Gasteiger partial charge in [0.15, 0.2) is 0 Å². The Morgan fingerprint density at radius 2 is 2.00 bits per heavy atom. The molecule has 0 aromatic rings. The maximum atomic E-state index is 10.8. The van der Waals surface area contributed by atoms with E-state index >= 15 is 0 Å². The Hall–Kier alpha value is -0.340. The molecule has 3 aliphatic rings. The minimum Gasteiger partial charge on any atom is -0.396 e. The molecule has 2 nitrogen and oxygen atoms in total. The summed E-state index contributed by atoms with van der Waals surface area (Å²) in [6, 6.07) is 0. The third-order valence-corrected chi connectivity index (χ3v) is 6.23. The molecule has 0 aromatic carbocycles. The highest BCUT2D eigenvalue weighted by molar-refractivity contribution is 5.33. The van der Waals surface area contributed by atoms with Gasteiger partial charge in [0.25, 0.3) is 0 Å². The molecule has 0 spiro atoms. The Labute approximate surface area is 104 Å². The molecule has 0 saturated heterocycles. The number of aliphatic hydroxyl groups is 2. The molecule has 2 N–H and O–H groups in total. The zero-order valence-corrected chi connectivity index (χ0v) is 11.2. The van der Waals surface area contributed by atoms with E-state index in [1.165, 1.54) is 5.57 Å². The maximum absolute atomic E-state index is 10.8. The number of hydrogen-bond acceptors (Lipinski definition) is 2. The highest BCUT2D eigenvalue weighted by Gasteiger charge is 2.65. The van der Waals surface area contributed by atoms with E-state index in [1.54, 1.807) is 0 Å². The van der Waals surface area contributed by atoms with Crippen LogP contribution < -0.4 is 0 Å². The largest absolute Gasteiger partial charge is 0.396 e. The van der Waals surface area contributed by atoms with Crippen LogP contribution in [-0.4, -0.2) is 22.4 Å². The normalized spacial score (nSPS) is 56.9. The third-order valence-electron chi connectivity index (χ3n) is 6.23. The summed E-state index contributed by atoms with van der Waals surface area (Å²) in [5.74, 6) is 1.12. The summed E-state index contributed by atoms with van der Waals surface area (Å²) in [4.78, 5) is 0. The van der Waals surface area contributed by atoms with Crippen molar-refractivity contribution in [3.05, 3.63) is 11.6 Å².